The van der Waals surface area contributed by atoms with Gasteiger partial charge in [0, 0.05) is 18.8 Å². The minimum Gasteiger partial charge on any atom is -0.452 e. The molecule has 2 rings (SSSR count). The van der Waals surface area contributed by atoms with Gasteiger partial charge in [-0.3, -0.25) is 9.59 Å². The Labute approximate surface area is 160 Å². The van der Waals surface area contributed by atoms with Crippen molar-refractivity contribution in [1.29, 1.82) is 0 Å². The van der Waals surface area contributed by atoms with Gasteiger partial charge in [0.25, 0.3) is 5.91 Å². The van der Waals surface area contributed by atoms with Crippen molar-refractivity contribution in [3.05, 3.63) is 29.8 Å². The molecular weight excluding hydrogens is 401 g/mol. The monoisotopic (exact) mass is 422 g/mol. The number of anilines is 1. The molecule has 1 atom stereocenters. The molecule has 1 N–H and O–H groups in total. The van der Waals surface area contributed by atoms with Gasteiger partial charge in [0.05, 0.1) is 17.7 Å². The first-order valence-corrected chi connectivity index (χ1v) is 10.4. The molecule has 1 unspecified atom stereocenters. The van der Waals surface area contributed by atoms with Crippen LogP contribution in [0.2, 0.25) is 0 Å². The number of carbonyl (C=O) groups is 2. The van der Waals surface area contributed by atoms with Crippen LogP contribution in [0.4, 0.5) is 18.9 Å². The highest BCUT2D eigenvalue weighted by atomic mass is 32.2. The Morgan fingerprint density at radius 1 is 1.25 bits per heavy atom. The number of sulfonamides is 1. The van der Waals surface area contributed by atoms with Crippen LogP contribution < -0.4 is 5.32 Å². The second-order valence-electron chi connectivity index (χ2n) is 6.58. The quantitative estimate of drug-likeness (QED) is 0.735. The first-order chi connectivity index (χ1) is 12.9. The summed E-state index contributed by atoms with van der Waals surface area (Å²) in [6.07, 6.45) is -4.12. The van der Waals surface area contributed by atoms with Gasteiger partial charge in [0.2, 0.25) is 10.0 Å². The first-order valence-electron chi connectivity index (χ1n) is 8.51. The fraction of sp³-hybridized carbons (Fsp3) is 0.529. The molecule has 156 valence electrons. The molecule has 1 amide bonds. The number of hydrogen-bond donors (Lipinski definition) is 1. The molecule has 7 nitrogen and oxygen atoms in total. The largest absolute Gasteiger partial charge is 0.452 e. The van der Waals surface area contributed by atoms with Crippen molar-refractivity contribution in [2.24, 2.45) is 5.92 Å². The third-order valence-corrected chi connectivity index (χ3v) is 5.68. The van der Waals surface area contributed by atoms with Gasteiger partial charge in [-0.1, -0.05) is 6.07 Å². The van der Waals surface area contributed by atoms with Crippen molar-refractivity contribution in [3.8, 4) is 0 Å². The maximum atomic E-state index is 12.7. The molecule has 1 fully saturated rings. The summed E-state index contributed by atoms with van der Waals surface area (Å²) >= 11 is 0. The molecule has 1 aromatic rings. The van der Waals surface area contributed by atoms with Crippen molar-refractivity contribution < 1.29 is 35.9 Å². The smallest absolute Gasteiger partial charge is 0.416 e. The van der Waals surface area contributed by atoms with Crippen LogP contribution in [0.25, 0.3) is 0 Å². The molecule has 0 spiro atoms. The van der Waals surface area contributed by atoms with Crippen LogP contribution in [0.3, 0.4) is 0 Å². The number of nitrogens with one attached hydrogen (secondary N) is 1. The molecule has 0 saturated carbocycles. The number of hydrogen-bond acceptors (Lipinski definition) is 5. The molecule has 1 aliphatic heterocycles. The normalized spacial score (nSPS) is 17.8. The number of ether oxygens (including phenoxy) is 1. The maximum absolute atomic E-state index is 12.7. The number of rotatable bonds is 5. The Balaban J connectivity index is 1.90. The minimum atomic E-state index is -4.54. The highest BCUT2D eigenvalue weighted by molar-refractivity contribution is 7.88. The Hall–Kier alpha value is -2.14. The summed E-state index contributed by atoms with van der Waals surface area (Å²) in [6, 6.07) is 4.11. The number of halogens is 3. The summed E-state index contributed by atoms with van der Waals surface area (Å²) in [5.74, 6) is -1.94. The number of nitrogens with zero attached hydrogens (tertiary/aromatic N) is 1. The van der Waals surface area contributed by atoms with E-state index in [1.807, 2.05) is 0 Å². The third kappa shape index (κ3) is 5.93. The molecule has 1 saturated heterocycles. The van der Waals surface area contributed by atoms with E-state index in [9.17, 15) is 31.2 Å². The molecule has 0 aliphatic carbocycles. The van der Waals surface area contributed by atoms with Crippen molar-refractivity contribution in [2.75, 3.05) is 24.7 Å². The topological polar surface area (TPSA) is 92.8 Å². The standard InChI is InChI=1S/C17H21F3N2O5S/c1-11(15(23)21-14-5-3-4-13(10-14)17(18,19)20)27-16(24)12-6-8-22(9-7-12)28(2,25)26/h3-5,10-12H,6-9H2,1-2H3,(H,21,23). The molecule has 0 aromatic heterocycles. The summed E-state index contributed by atoms with van der Waals surface area (Å²) in [6.45, 7) is 1.68. The molecule has 11 heteroatoms. The molecule has 0 bridgehead atoms. The van der Waals surface area contributed by atoms with E-state index >= 15 is 0 Å². The van der Waals surface area contributed by atoms with Gasteiger partial charge >= 0.3 is 12.1 Å². The number of esters is 1. The Morgan fingerprint density at radius 3 is 2.39 bits per heavy atom. The van der Waals surface area contributed by atoms with Crippen LogP contribution in [0.1, 0.15) is 25.3 Å². The zero-order valence-corrected chi connectivity index (χ0v) is 16.1. The Bertz CT molecular complexity index is 833. The van der Waals surface area contributed by atoms with Gasteiger partial charge in [0.1, 0.15) is 0 Å². The zero-order chi connectivity index (χ0) is 21.1. The maximum Gasteiger partial charge on any atom is 0.416 e. The number of benzene rings is 1. The predicted molar refractivity (Wildman–Crippen MR) is 94.8 cm³/mol. The van der Waals surface area contributed by atoms with Gasteiger partial charge in [0.15, 0.2) is 6.10 Å². The fourth-order valence-corrected chi connectivity index (χ4v) is 3.64. The number of alkyl halides is 3. The van der Waals surface area contributed by atoms with Crippen molar-refractivity contribution >= 4 is 27.6 Å². The zero-order valence-electron chi connectivity index (χ0n) is 15.3. The van der Waals surface area contributed by atoms with Crippen molar-refractivity contribution in [3.63, 3.8) is 0 Å². The van der Waals surface area contributed by atoms with Crippen LogP contribution in [-0.4, -0.2) is 50.0 Å². The van der Waals surface area contributed by atoms with Crippen LogP contribution in [0.5, 0.6) is 0 Å². The van der Waals surface area contributed by atoms with E-state index in [0.29, 0.717) is 0 Å². The van der Waals surface area contributed by atoms with Crippen molar-refractivity contribution in [2.45, 2.75) is 32.0 Å². The predicted octanol–water partition coefficient (Wildman–Crippen LogP) is 2.25. The summed E-state index contributed by atoms with van der Waals surface area (Å²) in [4.78, 5) is 24.3. The molecule has 1 heterocycles. The van der Waals surface area contributed by atoms with Crippen LogP contribution in [-0.2, 0) is 30.5 Å². The van der Waals surface area contributed by atoms with E-state index in [4.69, 9.17) is 4.74 Å². The van der Waals surface area contributed by atoms with Gasteiger partial charge in [-0.25, -0.2) is 12.7 Å². The SMILES string of the molecule is CC(OC(=O)C1CCN(S(C)(=O)=O)CC1)C(=O)Nc1cccc(C(F)(F)F)c1. The number of carbonyl (C=O) groups excluding carboxylic acids is 2. The van der Waals surface area contributed by atoms with E-state index in [2.05, 4.69) is 5.32 Å². The molecule has 28 heavy (non-hydrogen) atoms. The summed E-state index contributed by atoms with van der Waals surface area (Å²) in [5.41, 5.74) is -0.975. The third-order valence-electron chi connectivity index (χ3n) is 4.38. The summed E-state index contributed by atoms with van der Waals surface area (Å²) in [5, 5.41) is 2.29. The Kier molecular flexibility index (Phi) is 6.71. The summed E-state index contributed by atoms with van der Waals surface area (Å²) < 4.78 is 67.5. The molecule has 1 aliphatic rings. The van der Waals surface area contributed by atoms with Crippen LogP contribution >= 0.6 is 0 Å². The average molecular weight is 422 g/mol. The van der Waals surface area contributed by atoms with Gasteiger partial charge in [-0.15, -0.1) is 0 Å². The van der Waals surface area contributed by atoms with E-state index in [-0.39, 0.29) is 31.6 Å². The Morgan fingerprint density at radius 2 is 1.86 bits per heavy atom. The molecule has 1 aromatic carbocycles. The van der Waals surface area contributed by atoms with Gasteiger partial charge < -0.3 is 10.1 Å². The van der Waals surface area contributed by atoms with E-state index in [1.54, 1.807) is 0 Å². The van der Waals surface area contributed by atoms with Gasteiger partial charge in [-0.2, -0.15) is 13.2 Å². The van der Waals surface area contributed by atoms with Crippen LogP contribution in [0, 0.1) is 5.92 Å². The van der Waals surface area contributed by atoms with E-state index in [1.165, 1.54) is 17.3 Å². The lowest BCUT2D eigenvalue weighted by atomic mass is 9.98. The fourth-order valence-electron chi connectivity index (χ4n) is 2.76. The lowest BCUT2D eigenvalue weighted by Crippen LogP contribution is -2.41. The second kappa shape index (κ2) is 8.48. The first kappa shape index (κ1) is 22.2. The molecule has 0 radical (unpaired) electrons. The average Bonchev–Trinajstić information content (AvgIpc) is 2.60. The highest BCUT2D eigenvalue weighted by Gasteiger charge is 2.32. The number of amides is 1. The van der Waals surface area contributed by atoms with E-state index in [0.717, 1.165) is 24.5 Å². The number of piperidine rings is 1. The van der Waals surface area contributed by atoms with Gasteiger partial charge in [-0.05, 0) is 38.0 Å². The lowest BCUT2D eigenvalue weighted by molar-refractivity contribution is -0.158. The van der Waals surface area contributed by atoms with Crippen LogP contribution in [0.15, 0.2) is 24.3 Å². The lowest BCUT2D eigenvalue weighted by Gasteiger charge is -2.29. The minimum absolute atomic E-state index is 0.0656. The highest BCUT2D eigenvalue weighted by Crippen LogP contribution is 2.30. The van der Waals surface area contributed by atoms with E-state index < -0.39 is 45.7 Å². The second-order valence-corrected chi connectivity index (χ2v) is 8.57. The molecular formula is C17H21F3N2O5S. The summed E-state index contributed by atoms with van der Waals surface area (Å²) in [7, 11) is -3.32. The van der Waals surface area contributed by atoms with Crippen molar-refractivity contribution in [1.82, 2.24) is 4.31 Å².